The number of piperidine rings is 1. The summed E-state index contributed by atoms with van der Waals surface area (Å²) in [4.78, 5) is 39.6. The molecular formula is C25H26N6O2S2. The Morgan fingerprint density at radius 1 is 1.20 bits per heavy atom. The van der Waals surface area contributed by atoms with Gasteiger partial charge in [0.2, 0.25) is 5.95 Å². The maximum absolute atomic E-state index is 11.8. The lowest BCUT2D eigenvalue weighted by Gasteiger charge is -2.32. The molecule has 3 aromatic heterocycles. The molecule has 0 saturated carbocycles. The number of amides is 2. The summed E-state index contributed by atoms with van der Waals surface area (Å²) in [6.07, 6.45) is 5.42. The third-order valence-electron chi connectivity index (χ3n) is 6.23. The number of nitrogens with zero attached hydrogens (tertiary/aromatic N) is 4. The normalized spacial score (nSPS) is 18.8. The molecule has 1 unspecified atom stereocenters. The van der Waals surface area contributed by atoms with E-state index in [2.05, 4.69) is 67.5 Å². The molecule has 180 valence electrons. The third-order valence-corrected chi connectivity index (χ3v) is 7.72. The second-order valence-electron chi connectivity index (χ2n) is 8.65. The second kappa shape index (κ2) is 10.7. The smallest absolute Gasteiger partial charge is 0.290 e. The van der Waals surface area contributed by atoms with Crippen LogP contribution in [0.3, 0.4) is 0 Å². The average molecular weight is 507 g/mol. The molecule has 2 amide bonds. The molecule has 1 atom stereocenters. The minimum absolute atomic E-state index is 0.178. The third kappa shape index (κ3) is 5.77. The van der Waals surface area contributed by atoms with Gasteiger partial charge in [0.25, 0.3) is 11.1 Å². The Bertz CT molecular complexity index is 1240. The van der Waals surface area contributed by atoms with Gasteiger partial charge in [-0.1, -0.05) is 6.07 Å². The first-order valence-electron chi connectivity index (χ1n) is 11.6. The lowest BCUT2D eigenvalue weighted by Crippen LogP contribution is -2.38. The van der Waals surface area contributed by atoms with E-state index in [0.717, 1.165) is 61.2 Å². The van der Waals surface area contributed by atoms with Crippen molar-refractivity contribution in [2.45, 2.75) is 25.8 Å². The quantitative estimate of drug-likeness (QED) is 0.452. The van der Waals surface area contributed by atoms with Crippen LogP contribution < -0.4 is 15.5 Å². The number of thioether (sulfide) groups is 1. The summed E-state index contributed by atoms with van der Waals surface area (Å²) in [5, 5.41) is 9.77. The lowest BCUT2D eigenvalue weighted by molar-refractivity contribution is -0.115. The number of hydrogen-bond donors (Lipinski definition) is 2. The van der Waals surface area contributed by atoms with Crippen molar-refractivity contribution in [3.05, 3.63) is 63.6 Å². The largest absolute Gasteiger partial charge is 0.341 e. The van der Waals surface area contributed by atoms with Gasteiger partial charge in [-0.3, -0.25) is 19.9 Å². The number of pyridine rings is 1. The van der Waals surface area contributed by atoms with E-state index in [0.29, 0.717) is 22.5 Å². The molecule has 8 nitrogen and oxygen atoms in total. The van der Waals surface area contributed by atoms with E-state index in [1.807, 2.05) is 0 Å². The van der Waals surface area contributed by atoms with Crippen molar-refractivity contribution >= 4 is 46.3 Å². The molecule has 2 N–H and O–H groups in total. The average Bonchev–Trinajstić information content (AvgIpc) is 3.53. The molecule has 10 heteroatoms. The van der Waals surface area contributed by atoms with E-state index in [-0.39, 0.29) is 17.2 Å². The number of nitrogens with one attached hydrogen (secondary N) is 2. The standard InChI is InChI=1S/C25H26N6O2S2/c1-16(20-3-2-4-21(29-20)18-8-12-34-15-18)27-14-17-6-10-31(11-7-17)24-26-9-5-19(28-24)13-22-23(32)30-25(33)35-22/h2-5,8-9,12-13,15-17,27H,6-7,10-11,14H2,1H3,(H,30,32,33)/b22-13-. The topological polar surface area (TPSA) is 100 Å². The van der Waals surface area contributed by atoms with Crippen LogP contribution in [0.2, 0.25) is 0 Å². The zero-order valence-corrected chi connectivity index (χ0v) is 20.9. The predicted molar refractivity (Wildman–Crippen MR) is 140 cm³/mol. The molecule has 0 bridgehead atoms. The van der Waals surface area contributed by atoms with Crippen molar-refractivity contribution in [1.29, 1.82) is 0 Å². The molecule has 3 aromatic rings. The Balaban J connectivity index is 1.14. The highest BCUT2D eigenvalue weighted by molar-refractivity contribution is 8.18. The van der Waals surface area contributed by atoms with Gasteiger partial charge in [-0.25, -0.2) is 9.97 Å². The minimum atomic E-state index is -0.379. The molecule has 5 heterocycles. The van der Waals surface area contributed by atoms with E-state index in [1.165, 1.54) is 0 Å². The van der Waals surface area contributed by atoms with E-state index in [4.69, 9.17) is 4.98 Å². The Morgan fingerprint density at radius 3 is 2.80 bits per heavy atom. The Labute approximate surface area is 212 Å². The van der Waals surface area contributed by atoms with Gasteiger partial charge in [0, 0.05) is 36.3 Å². The van der Waals surface area contributed by atoms with Gasteiger partial charge in [-0.15, -0.1) is 0 Å². The van der Waals surface area contributed by atoms with Gasteiger partial charge < -0.3 is 10.2 Å². The lowest BCUT2D eigenvalue weighted by atomic mass is 9.96. The van der Waals surface area contributed by atoms with Crippen LogP contribution in [0, 0.1) is 5.92 Å². The summed E-state index contributed by atoms with van der Waals surface area (Å²) in [6.45, 7) is 4.85. The van der Waals surface area contributed by atoms with Crippen molar-refractivity contribution < 1.29 is 9.59 Å². The fourth-order valence-corrected chi connectivity index (χ4v) is 5.52. The molecule has 2 fully saturated rings. The molecule has 0 radical (unpaired) electrons. The van der Waals surface area contributed by atoms with E-state index < -0.39 is 0 Å². The van der Waals surface area contributed by atoms with Crippen molar-refractivity contribution in [2.24, 2.45) is 5.92 Å². The minimum Gasteiger partial charge on any atom is -0.341 e. The Hall–Kier alpha value is -3.08. The fourth-order valence-electron chi connectivity index (χ4n) is 4.20. The fraction of sp³-hybridized carbons (Fsp3) is 0.320. The summed E-state index contributed by atoms with van der Waals surface area (Å²) in [5.74, 6) is 0.850. The van der Waals surface area contributed by atoms with Crippen molar-refractivity contribution in [3.8, 4) is 11.3 Å². The van der Waals surface area contributed by atoms with Gasteiger partial charge >= 0.3 is 0 Å². The summed E-state index contributed by atoms with van der Waals surface area (Å²) in [7, 11) is 0. The van der Waals surface area contributed by atoms with Gasteiger partial charge in [0.1, 0.15) is 0 Å². The van der Waals surface area contributed by atoms with Gasteiger partial charge in [-0.05, 0) is 79.7 Å². The summed E-state index contributed by atoms with van der Waals surface area (Å²) in [6, 6.07) is 10.2. The molecule has 2 aliphatic heterocycles. The first kappa shape index (κ1) is 23.7. The molecular weight excluding hydrogens is 480 g/mol. The summed E-state index contributed by atoms with van der Waals surface area (Å²) in [5.41, 5.74) is 3.86. The maximum atomic E-state index is 11.8. The highest BCUT2D eigenvalue weighted by Gasteiger charge is 2.26. The zero-order chi connectivity index (χ0) is 24.2. The van der Waals surface area contributed by atoms with E-state index in [9.17, 15) is 9.59 Å². The first-order valence-corrected chi connectivity index (χ1v) is 13.4. The summed E-state index contributed by atoms with van der Waals surface area (Å²) >= 11 is 2.58. The second-order valence-corrected chi connectivity index (χ2v) is 10.4. The number of imide groups is 1. The molecule has 5 rings (SSSR count). The van der Waals surface area contributed by atoms with Crippen LogP contribution in [-0.2, 0) is 4.79 Å². The number of carbonyl (C=O) groups is 2. The van der Waals surface area contributed by atoms with Crippen LogP contribution in [0.4, 0.5) is 10.7 Å². The van der Waals surface area contributed by atoms with E-state index in [1.54, 1.807) is 29.7 Å². The van der Waals surface area contributed by atoms with Crippen LogP contribution in [0.25, 0.3) is 17.3 Å². The van der Waals surface area contributed by atoms with Crippen molar-refractivity contribution in [2.75, 3.05) is 24.5 Å². The van der Waals surface area contributed by atoms with Crippen LogP contribution in [0.5, 0.6) is 0 Å². The van der Waals surface area contributed by atoms with Gasteiger partial charge in [-0.2, -0.15) is 11.3 Å². The Morgan fingerprint density at radius 2 is 2.06 bits per heavy atom. The highest BCUT2D eigenvalue weighted by Crippen LogP contribution is 2.26. The Kier molecular flexibility index (Phi) is 7.21. The van der Waals surface area contributed by atoms with Crippen LogP contribution in [-0.4, -0.2) is 45.7 Å². The number of rotatable bonds is 7. The molecule has 2 saturated heterocycles. The molecule has 0 aromatic carbocycles. The summed E-state index contributed by atoms with van der Waals surface area (Å²) < 4.78 is 0. The van der Waals surface area contributed by atoms with Crippen molar-refractivity contribution in [3.63, 3.8) is 0 Å². The van der Waals surface area contributed by atoms with E-state index >= 15 is 0 Å². The van der Waals surface area contributed by atoms with Crippen LogP contribution in [0.15, 0.2) is 52.2 Å². The monoisotopic (exact) mass is 506 g/mol. The van der Waals surface area contributed by atoms with Crippen LogP contribution >= 0.6 is 23.1 Å². The number of hydrogen-bond acceptors (Lipinski definition) is 9. The molecule has 2 aliphatic rings. The predicted octanol–water partition coefficient (Wildman–Crippen LogP) is 4.49. The molecule has 0 spiro atoms. The number of anilines is 1. The van der Waals surface area contributed by atoms with Gasteiger partial charge in [0.05, 0.1) is 22.0 Å². The maximum Gasteiger partial charge on any atom is 0.290 e. The number of carbonyl (C=O) groups excluding carboxylic acids is 2. The molecule has 0 aliphatic carbocycles. The number of aromatic nitrogens is 3. The zero-order valence-electron chi connectivity index (χ0n) is 19.3. The first-order chi connectivity index (χ1) is 17.0. The van der Waals surface area contributed by atoms with Crippen molar-refractivity contribution in [1.82, 2.24) is 25.6 Å². The van der Waals surface area contributed by atoms with Gasteiger partial charge in [0.15, 0.2) is 0 Å². The highest BCUT2D eigenvalue weighted by atomic mass is 32.2. The van der Waals surface area contributed by atoms with Crippen LogP contribution in [0.1, 0.15) is 37.2 Å². The SMILES string of the molecule is CC(NCC1CCN(c2nccc(/C=C3\SC(=O)NC3=O)n2)CC1)c1cccc(-c2ccsc2)n1. The molecule has 35 heavy (non-hydrogen) atoms. The number of thiophene rings is 1.